The zero-order chi connectivity index (χ0) is 19.2. The van der Waals surface area contributed by atoms with Crippen molar-refractivity contribution in [2.24, 2.45) is 0 Å². The van der Waals surface area contributed by atoms with E-state index in [4.69, 9.17) is 0 Å². The first-order valence-corrected chi connectivity index (χ1v) is 7.94. The van der Waals surface area contributed by atoms with Crippen LogP contribution in [-0.4, -0.2) is 32.8 Å². The second kappa shape index (κ2) is 8.21. The summed E-state index contributed by atoms with van der Waals surface area (Å²) in [5.41, 5.74) is 2.52. The molecule has 2 aromatic carbocycles. The van der Waals surface area contributed by atoms with Crippen molar-refractivity contribution in [3.63, 3.8) is 0 Å². The molecule has 3 rings (SSSR count). The number of nitrogens with zero attached hydrogens (tertiary/aromatic N) is 4. The maximum atomic E-state index is 12.4. The van der Waals surface area contributed by atoms with E-state index in [2.05, 4.69) is 30.9 Å². The third-order valence-electron chi connectivity index (χ3n) is 3.71. The van der Waals surface area contributed by atoms with Gasteiger partial charge in [0.2, 0.25) is 0 Å². The van der Waals surface area contributed by atoms with Gasteiger partial charge in [-0.15, -0.1) is 5.10 Å². The first-order valence-electron chi connectivity index (χ1n) is 7.94. The summed E-state index contributed by atoms with van der Waals surface area (Å²) in [6.07, 6.45) is 1.44. The smallest absolute Gasteiger partial charge is 0.387 e. The molecule has 0 atom stereocenters. The van der Waals surface area contributed by atoms with Crippen LogP contribution in [0.4, 0.5) is 19.3 Å². The van der Waals surface area contributed by atoms with Crippen molar-refractivity contribution in [2.75, 3.05) is 5.32 Å². The second-order valence-electron chi connectivity index (χ2n) is 5.55. The van der Waals surface area contributed by atoms with Gasteiger partial charge in [0.15, 0.2) is 0 Å². The zero-order valence-corrected chi connectivity index (χ0v) is 14.3. The molecule has 0 spiro atoms. The molecule has 1 heterocycles. The van der Waals surface area contributed by atoms with Gasteiger partial charge in [-0.2, -0.15) is 8.78 Å². The van der Waals surface area contributed by atoms with Crippen LogP contribution in [0, 0.1) is 6.92 Å². The van der Waals surface area contributed by atoms with E-state index in [0.717, 1.165) is 5.56 Å². The topological polar surface area (TPSA) is 94.0 Å². The number of tetrazole rings is 1. The molecule has 1 aromatic heterocycles. The quantitative estimate of drug-likeness (QED) is 0.692. The van der Waals surface area contributed by atoms with Crippen LogP contribution in [0.5, 0.6) is 5.75 Å². The standard InChI is InChI=1S/C17H16F2N6O2/c1-11-6-7-13(25-10-21-23-24-25)8-14(11)22-17(26)20-9-12-4-2-3-5-15(12)27-16(18)19/h2-8,10,16H,9H2,1H3,(H2,20,22,26). The molecule has 0 radical (unpaired) electrons. The molecular formula is C17H16F2N6O2. The van der Waals surface area contributed by atoms with E-state index in [1.807, 2.05) is 19.1 Å². The molecule has 8 nitrogen and oxygen atoms in total. The first-order chi connectivity index (χ1) is 13.0. The van der Waals surface area contributed by atoms with E-state index in [1.165, 1.54) is 17.1 Å². The van der Waals surface area contributed by atoms with Crippen molar-refractivity contribution >= 4 is 11.7 Å². The number of hydrogen-bond acceptors (Lipinski definition) is 5. The Morgan fingerprint density at radius 2 is 2.07 bits per heavy atom. The lowest BCUT2D eigenvalue weighted by Crippen LogP contribution is -2.28. The average Bonchev–Trinajstić information content (AvgIpc) is 3.17. The van der Waals surface area contributed by atoms with Gasteiger partial charge in [-0.25, -0.2) is 9.48 Å². The van der Waals surface area contributed by atoms with Crippen LogP contribution in [0.3, 0.4) is 0 Å². The number of rotatable bonds is 6. The molecule has 0 saturated heterocycles. The Hall–Kier alpha value is -3.56. The monoisotopic (exact) mass is 374 g/mol. The lowest BCUT2D eigenvalue weighted by atomic mass is 10.2. The van der Waals surface area contributed by atoms with Gasteiger partial charge in [-0.05, 0) is 41.1 Å². The highest BCUT2D eigenvalue weighted by Crippen LogP contribution is 2.21. The Morgan fingerprint density at radius 3 is 2.81 bits per heavy atom. The number of benzene rings is 2. The van der Waals surface area contributed by atoms with Gasteiger partial charge in [0.1, 0.15) is 12.1 Å². The summed E-state index contributed by atoms with van der Waals surface area (Å²) < 4.78 is 30.8. The molecule has 0 aliphatic rings. The fourth-order valence-corrected chi connectivity index (χ4v) is 2.37. The molecule has 0 unspecified atom stereocenters. The van der Waals surface area contributed by atoms with Crippen LogP contribution >= 0.6 is 0 Å². The van der Waals surface area contributed by atoms with Gasteiger partial charge in [-0.3, -0.25) is 0 Å². The highest BCUT2D eigenvalue weighted by atomic mass is 19.3. The molecule has 0 bridgehead atoms. The van der Waals surface area contributed by atoms with Gasteiger partial charge in [-0.1, -0.05) is 24.3 Å². The van der Waals surface area contributed by atoms with Crippen molar-refractivity contribution in [3.8, 4) is 11.4 Å². The predicted molar refractivity (Wildman–Crippen MR) is 92.8 cm³/mol. The molecule has 2 amide bonds. The number of anilines is 1. The number of nitrogens with one attached hydrogen (secondary N) is 2. The molecule has 0 aliphatic heterocycles. The molecule has 0 saturated carbocycles. The Labute approximate surface area is 153 Å². The van der Waals surface area contributed by atoms with Crippen molar-refractivity contribution in [1.29, 1.82) is 0 Å². The third kappa shape index (κ3) is 4.75. The number of urea groups is 1. The number of carbonyl (C=O) groups excluding carboxylic acids is 1. The summed E-state index contributed by atoms with van der Waals surface area (Å²) in [4.78, 5) is 12.2. The Bertz CT molecular complexity index is 918. The lowest BCUT2D eigenvalue weighted by Gasteiger charge is -2.13. The number of aryl methyl sites for hydroxylation is 1. The summed E-state index contributed by atoms with van der Waals surface area (Å²) in [6, 6.07) is 11.1. The molecule has 27 heavy (non-hydrogen) atoms. The van der Waals surface area contributed by atoms with Crippen molar-refractivity contribution in [1.82, 2.24) is 25.5 Å². The molecule has 140 valence electrons. The zero-order valence-electron chi connectivity index (χ0n) is 14.3. The third-order valence-corrected chi connectivity index (χ3v) is 3.71. The van der Waals surface area contributed by atoms with E-state index in [0.29, 0.717) is 16.9 Å². The van der Waals surface area contributed by atoms with E-state index in [-0.39, 0.29) is 12.3 Å². The normalized spacial score (nSPS) is 10.7. The minimum absolute atomic E-state index is 0.0182. The molecule has 0 aliphatic carbocycles. The maximum absolute atomic E-state index is 12.4. The minimum atomic E-state index is -2.93. The number of aromatic nitrogens is 4. The van der Waals surface area contributed by atoms with Crippen LogP contribution in [0.1, 0.15) is 11.1 Å². The summed E-state index contributed by atoms with van der Waals surface area (Å²) in [6.45, 7) is -1.07. The molecular weight excluding hydrogens is 358 g/mol. The van der Waals surface area contributed by atoms with Gasteiger partial charge in [0.25, 0.3) is 0 Å². The Morgan fingerprint density at radius 1 is 1.26 bits per heavy atom. The van der Waals surface area contributed by atoms with Crippen LogP contribution in [0.2, 0.25) is 0 Å². The largest absolute Gasteiger partial charge is 0.434 e. The molecule has 3 aromatic rings. The number of para-hydroxylation sites is 1. The number of carbonyl (C=O) groups is 1. The first kappa shape index (κ1) is 18.2. The highest BCUT2D eigenvalue weighted by Gasteiger charge is 2.11. The second-order valence-corrected chi connectivity index (χ2v) is 5.55. The summed E-state index contributed by atoms with van der Waals surface area (Å²) in [5.74, 6) is 0.0182. The van der Waals surface area contributed by atoms with Crippen LogP contribution in [0.25, 0.3) is 5.69 Å². The molecule has 2 N–H and O–H groups in total. The van der Waals surface area contributed by atoms with Crippen molar-refractivity contribution in [2.45, 2.75) is 20.1 Å². The van der Waals surface area contributed by atoms with Crippen molar-refractivity contribution in [3.05, 3.63) is 59.9 Å². The fourth-order valence-electron chi connectivity index (χ4n) is 2.37. The summed E-state index contributed by atoms with van der Waals surface area (Å²) >= 11 is 0. The van der Waals surface area contributed by atoms with E-state index in [9.17, 15) is 13.6 Å². The number of alkyl halides is 2. The van der Waals surface area contributed by atoms with E-state index >= 15 is 0 Å². The van der Waals surface area contributed by atoms with Crippen LogP contribution in [0.15, 0.2) is 48.8 Å². The lowest BCUT2D eigenvalue weighted by molar-refractivity contribution is -0.0504. The fraction of sp³-hybridized carbons (Fsp3) is 0.176. The number of amides is 2. The van der Waals surface area contributed by atoms with E-state index in [1.54, 1.807) is 24.3 Å². The number of halogens is 2. The molecule has 0 fully saturated rings. The minimum Gasteiger partial charge on any atom is -0.434 e. The van der Waals surface area contributed by atoms with Crippen LogP contribution < -0.4 is 15.4 Å². The van der Waals surface area contributed by atoms with Crippen LogP contribution in [-0.2, 0) is 6.54 Å². The van der Waals surface area contributed by atoms with Gasteiger partial charge in [0, 0.05) is 17.8 Å². The predicted octanol–water partition coefficient (Wildman–Crippen LogP) is 2.89. The summed E-state index contributed by atoms with van der Waals surface area (Å²) in [5, 5.41) is 16.3. The van der Waals surface area contributed by atoms with Gasteiger partial charge in [0.05, 0.1) is 5.69 Å². The molecule has 10 heteroatoms. The highest BCUT2D eigenvalue weighted by molar-refractivity contribution is 5.90. The van der Waals surface area contributed by atoms with Gasteiger partial charge >= 0.3 is 12.6 Å². The Balaban J connectivity index is 1.66. The van der Waals surface area contributed by atoms with E-state index < -0.39 is 12.6 Å². The SMILES string of the molecule is Cc1ccc(-n2cnnn2)cc1NC(=O)NCc1ccccc1OC(F)F. The average molecular weight is 374 g/mol. The van der Waals surface area contributed by atoms with Crippen molar-refractivity contribution < 1.29 is 18.3 Å². The summed E-state index contributed by atoms with van der Waals surface area (Å²) in [7, 11) is 0. The number of ether oxygens (including phenoxy) is 1. The Kier molecular flexibility index (Phi) is 5.55. The number of hydrogen-bond donors (Lipinski definition) is 2. The van der Waals surface area contributed by atoms with Gasteiger partial charge < -0.3 is 15.4 Å². The maximum Gasteiger partial charge on any atom is 0.387 e.